The summed E-state index contributed by atoms with van der Waals surface area (Å²) >= 11 is 0. The summed E-state index contributed by atoms with van der Waals surface area (Å²) in [5.41, 5.74) is 6.02. The Kier molecular flexibility index (Phi) is 1.69. The number of rotatable bonds is 0. The highest BCUT2D eigenvalue weighted by atomic mass is 14.4. The lowest BCUT2D eigenvalue weighted by atomic mass is 9.78. The molecule has 0 bridgehead atoms. The van der Waals surface area contributed by atoms with Crippen LogP contribution >= 0.6 is 0 Å². The van der Waals surface area contributed by atoms with Gasteiger partial charge in [-0.05, 0) is 35.1 Å². The van der Waals surface area contributed by atoms with Gasteiger partial charge in [-0.25, -0.2) is 0 Å². The molecule has 0 heterocycles. The highest BCUT2D eigenvalue weighted by Gasteiger charge is 2.41. The summed E-state index contributed by atoms with van der Waals surface area (Å²) in [6.07, 6.45) is 7.17. The molecule has 0 fully saturated rings. The van der Waals surface area contributed by atoms with Gasteiger partial charge in [-0.15, -0.1) is 0 Å². The molecule has 0 aromatic heterocycles. The van der Waals surface area contributed by atoms with Gasteiger partial charge in [0.1, 0.15) is 0 Å². The van der Waals surface area contributed by atoms with Crippen molar-refractivity contribution >= 4 is 0 Å². The second-order valence-electron chi connectivity index (χ2n) is 5.00. The Morgan fingerprint density at radius 2 is 1.35 bits per heavy atom. The Bertz CT molecular complexity index is 574. The first-order valence-electron chi connectivity index (χ1n) is 6.29. The van der Waals surface area contributed by atoms with Crippen LogP contribution in [0.25, 0.3) is 11.1 Å². The molecular formula is C17H14. The normalized spacial score (nSPS) is 18.4. The lowest BCUT2D eigenvalue weighted by molar-refractivity contribution is 0.640. The second kappa shape index (κ2) is 3.10. The molecule has 2 aromatic rings. The monoisotopic (exact) mass is 218 g/mol. The van der Waals surface area contributed by atoms with Crippen LogP contribution < -0.4 is 0 Å². The van der Waals surface area contributed by atoms with Crippen LogP contribution in [0.5, 0.6) is 0 Å². The Hall–Kier alpha value is -1.82. The summed E-state index contributed by atoms with van der Waals surface area (Å²) in [6.45, 7) is 0. The van der Waals surface area contributed by atoms with Crippen molar-refractivity contribution < 1.29 is 0 Å². The first-order chi connectivity index (χ1) is 8.42. The van der Waals surface area contributed by atoms with Crippen molar-refractivity contribution in [3.63, 3.8) is 0 Å². The number of fused-ring (bicyclic) bond motifs is 5. The molecule has 0 unspecified atom stereocenters. The molecule has 4 rings (SSSR count). The molecule has 82 valence electrons. The summed E-state index contributed by atoms with van der Waals surface area (Å²) < 4.78 is 0. The molecule has 2 aliphatic rings. The van der Waals surface area contributed by atoms with E-state index in [2.05, 4.69) is 60.7 Å². The van der Waals surface area contributed by atoms with Crippen molar-refractivity contribution in [2.75, 3.05) is 0 Å². The molecule has 0 N–H and O–H groups in total. The topological polar surface area (TPSA) is 0 Å². The lowest BCUT2D eigenvalue weighted by Gasteiger charge is -2.24. The Labute approximate surface area is 102 Å². The van der Waals surface area contributed by atoms with Gasteiger partial charge in [0.2, 0.25) is 0 Å². The number of benzene rings is 2. The third-order valence-corrected chi connectivity index (χ3v) is 4.21. The predicted molar refractivity (Wildman–Crippen MR) is 71.0 cm³/mol. The molecule has 0 atom stereocenters. The van der Waals surface area contributed by atoms with Crippen LogP contribution in [-0.2, 0) is 5.41 Å². The Morgan fingerprint density at radius 1 is 0.765 bits per heavy atom. The average Bonchev–Trinajstić information content (AvgIpc) is 2.98. The molecule has 17 heavy (non-hydrogen) atoms. The summed E-state index contributed by atoms with van der Waals surface area (Å²) in [7, 11) is 0. The fraction of sp³-hybridized carbons (Fsp3) is 0.176. The molecule has 0 saturated heterocycles. The molecule has 1 spiro atoms. The minimum Gasteiger partial charge on any atom is -0.0873 e. The summed E-state index contributed by atoms with van der Waals surface area (Å²) in [6, 6.07) is 17.7. The molecule has 0 amide bonds. The zero-order chi connectivity index (χ0) is 11.3. The van der Waals surface area contributed by atoms with Crippen LogP contribution in [0, 0.1) is 0 Å². The zero-order valence-corrected chi connectivity index (χ0v) is 9.69. The van der Waals surface area contributed by atoms with E-state index in [-0.39, 0.29) is 5.41 Å². The first-order valence-corrected chi connectivity index (χ1v) is 6.29. The molecule has 0 nitrogen and oxygen atoms in total. The van der Waals surface area contributed by atoms with Crippen molar-refractivity contribution in [3.05, 3.63) is 71.8 Å². The van der Waals surface area contributed by atoms with Crippen molar-refractivity contribution in [3.8, 4) is 11.1 Å². The van der Waals surface area contributed by atoms with Gasteiger partial charge in [0.25, 0.3) is 0 Å². The molecule has 0 aliphatic heterocycles. The molecule has 0 radical (unpaired) electrons. The van der Waals surface area contributed by atoms with E-state index in [1.165, 1.54) is 35.1 Å². The van der Waals surface area contributed by atoms with Gasteiger partial charge in [0, 0.05) is 5.41 Å². The van der Waals surface area contributed by atoms with Crippen molar-refractivity contribution in [1.29, 1.82) is 0 Å². The van der Waals surface area contributed by atoms with Crippen LogP contribution in [-0.4, -0.2) is 0 Å². The number of hydrogen-bond acceptors (Lipinski definition) is 0. The first kappa shape index (κ1) is 9.23. The fourth-order valence-electron chi connectivity index (χ4n) is 3.49. The van der Waals surface area contributed by atoms with E-state index in [9.17, 15) is 0 Å². The average molecular weight is 218 g/mol. The maximum Gasteiger partial charge on any atom is 0.0397 e. The van der Waals surface area contributed by atoms with E-state index in [0.717, 1.165) is 0 Å². The minimum atomic E-state index is 0.174. The van der Waals surface area contributed by atoms with Gasteiger partial charge < -0.3 is 0 Å². The third kappa shape index (κ3) is 1.03. The number of allylic oxidation sites excluding steroid dienone is 2. The van der Waals surface area contributed by atoms with Gasteiger partial charge in [-0.1, -0.05) is 60.7 Å². The van der Waals surface area contributed by atoms with Crippen LogP contribution in [0.1, 0.15) is 24.0 Å². The third-order valence-electron chi connectivity index (χ3n) is 4.21. The minimum absolute atomic E-state index is 0.174. The fourth-order valence-corrected chi connectivity index (χ4v) is 3.49. The van der Waals surface area contributed by atoms with Crippen LogP contribution in [0.2, 0.25) is 0 Å². The van der Waals surface area contributed by atoms with E-state index < -0.39 is 0 Å². The predicted octanol–water partition coefficient (Wildman–Crippen LogP) is 4.30. The Morgan fingerprint density at radius 3 is 1.88 bits per heavy atom. The largest absolute Gasteiger partial charge is 0.0873 e. The van der Waals surface area contributed by atoms with Crippen molar-refractivity contribution in [1.82, 2.24) is 0 Å². The highest BCUT2D eigenvalue weighted by molar-refractivity contribution is 5.82. The standard InChI is InChI=1S/C17H14/c1-3-9-15-13(7-1)14-8-2-4-10-16(14)17(15)11-5-6-12-17/h1-5,7-11H,6,12H2. The molecule has 0 saturated carbocycles. The molecular weight excluding hydrogens is 204 g/mol. The van der Waals surface area contributed by atoms with E-state index >= 15 is 0 Å². The lowest BCUT2D eigenvalue weighted by Crippen LogP contribution is -2.18. The van der Waals surface area contributed by atoms with Gasteiger partial charge >= 0.3 is 0 Å². The van der Waals surface area contributed by atoms with Crippen LogP contribution in [0.15, 0.2) is 60.7 Å². The van der Waals surface area contributed by atoms with Gasteiger partial charge in [-0.3, -0.25) is 0 Å². The summed E-state index contributed by atoms with van der Waals surface area (Å²) in [4.78, 5) is 0. The maximum absolute atomic E-state index is 2.41. The smallest absolute Gasteiger partial charge is 0.0397 e. The summed E-state index contributed by atoms with van der Waals surface area (Å²) in [5, 5.41) is 0. The number of hydrogen-bond donors (Lipinski definition) is 0. The van der Waals surface area contributed by atoms with Crippen molar-refractivity contribution in [2.45, 2.75) is 18.3 Å². The summed E-state index contributed by atoms with van der Waals surface area (Å²) in [5.74, 6) is 0. The van der Waals surface area contributed by atoms with Gasteiger partial charge in [-0.2, -0.15) is 0 Å². The highest BCUT2D eigenvalue weighted by Crippen LogP contribution is 2.53. The Balaban J connectivity index is 2.13. The molecule has 2 aromatic carbocycles. The van der Waals surface area contributed by atoms with E-state index in [1.54, 1.807) is 0 Å². The maximum atomic E-state index is 2.41. The van der Waals surface area contributed by atoms with Crippen LogP contribution in [0.4, 0.5) is 0 Å². The molecule has 2 aliphatic carbocycles. The quantitative estimate of drug-likeness (QED) is 0.578. The van der Waals surface area contributed by atoms with E-state index in [4.69, 9.17) is 0 Å². The second-order valence-corrected chi connectivity index (χ2v) is 5.00. The zero-order valence-electron chi connectivity index (χ0n) is 9.69. The van der Waals surface area contributed by atoms with E-state index in [0.29, 0.717) is 0 Å². The SMILES string of the molecule is C1=CC2(CC1)c1ccccc1-c1ccccc12. The van der Waals surface area contributed by atoms with Crippen molar-refractivity contribution in [2.24, 2.45) is 0 Å². The van der Waals surface area contributed by atoms with Gasteiger partial charge in [0.05, 0.1) is 0 Å². The van der Waals surface area contributed by atoms with Gasteiger partial charge in [0.15, 0.2) is 0 Å². The molecule has 0 heteroatoms. The van der Waals surface area contributed by atoms with E-state index in [1.807, 2.05) is 0 Å². The van der Waals surface area contributed by atoms with Crippen LogP contribution in [0.3, 0.4) is 0 Å².